The Morgan fingerprint density at radius 3 is 2.44 bits per heavy atom. The monoisotopic (exact) mass is 385 g/mol. The average molecular weight is 386 g/mol. The van der Waals surface area contributed by atoms with E-state index in [-0.39, 0.29) is 5.02 Å². The van der Waals surface area contributed by atoms with Gasteiger partial charge in [-0.15, -0.1) is 10.2 Å². The van der Waals surface area contributed by atoms with E-state index in [1.54, 1.807) is 31.7 Å². The van der Waals surface area contributed by atoms with Crippen LogP contribution in [0.25, 0.3) is 10.7 Å². The smallest absolute Gasteiger partial charge is 0.192 e. The second kappa shape index (κ2) is 6.23. The summed E-state index contributed by atoms with van der Waals surface area (Å²) in [6, 6.07) is 1.97. The van der Waals surface area contributed by atoms with E-state index in [0.29, 0.717) is 16.8 Å². The van der Waals surface area contributed by atoms with E-state index >= 15 is 0 Å². The highest BCUT2D eigenvalue weighted by atomic mass is 35.5. The van der Waals surface area contributed by atoms with Gasteiger partial charge in [-0.1, -0.05) is 22.9 Å². The molecule has 0 aliphatic rings. The number of rotatable bonds is 4. The molecule has 0 spiro atoms. The van der Waals surface area contributed by atoms with Crippen molar-refractivity contribution in [3.8, 4) is 16.5 Å². The summed E-state index contributed by atoms with van der Waals surface area (Å²) in [5, 5.41) is 8.56. The molecule has 0 aliphatic heterocycles. The maximum atomic E-state index is 14.0. The van der Waals surface area contributed by atoms with Gasteiger partial charge in [-0.05, 0) is 26.0 Å². The van der Waals surface area contributed by atoms with Crippen molar-refractivity contribution in [1.82, 2.24) is 19.7 Å². The molecule has 3 aromatic rings. The van der Waals surface area contributed by atoms with Crippen LogP contribution in [-0.4, -0.2) is 19.7 Å². The first-order valence-electron chi connectivity index (χ1n) is 7.14. The highest BCUT2D eigenvalue weighted by Crippen LogP contribution is 2.34. The number of nitrogens with two attached hydrogens (primary N) is 1. The first-order chi connectivity index (χ1) is 11.7. The van der Waals surface area contributed by atoms with Gasteiger partial charge in [0, 0.05) is 12.1 Å². The Bertz CT molecular complexity index is 917. The van der Waals surface area contributed by atoms with Gasteiger partial charge in [0.05, 0.1) is 11.1 Å². The minimum atomic E-state index is -1.16. The van der Waals surface area contributed by atoms with Crippen LogP contribution in [0, 0.1) is 11.6 Å². The molecule has 0 fully saturated rings. The maximum Gasteiger partial charge on any atom is 0.192 e. The molecule has 1 aromatic carbocycles. The van der Waals surface area contributed by atoms with E-state index < -0.39 is 23.0 Å². The van der Waals surface area contributed by atoms with Crippen LogP contribution in [0.1, 0.15) is 19.7 Å². The van der Waals surface area contributed by atoms with Gasteiger partial charge < -0.3 is 15.0 Å². The molecule has 2 N–H and O–H groups in total. The topological polar surface area (TPSA) is 78.9 Å². The second-order valence-electron chi connectivity index (χ2n) is 5.78. The molecule has 0 saturated heterocycles. The summed E-state index contributed by atoms with van der Waals surface area (Å²) >= 11 is 6.89. The van der Waals surface area contributed by atoms with Crippen LogP contribution >= 0.6 is 22.9 Å². The summed E-state index contributed by atoms with van der Waals surface area (Å²) in [5.41, 5.74) is 4.48. The van der Waals surface area contributed by atoms with Crippen LogP contribution in [0.5, 0.6) is 5.75 Å². The number of ether oxygens (including phenoxy) is 1. The number of thiazole rings is 1. The predicted octanol–water partition coefficient (Wildman–Crippen LogP) is 3.77. The van der Waals surface area contributed by atoms with Gasteiger partial charge in [-0.25, -0.2) is 13.8 Å². The van der Waals surface area contributed by atoms with Crippen molar-refractivity contribution in [2.45, 2.75) is 19.4 Å². The minimum Gasteiger partial charge on any atom is -0.474 e. The summed E-state index contributed by atoms with van der Waals surface area (Å²) in [5.74, 6) is -1.41. The third-order valence-corrected chi connectivity index (χ3v) is 4.52. The third kappa shape index (κ3) is 3.29. The van der Waals surface area contributed by atoms with E-state index in [9.17, 15) is 8.78 Å². The van der Waals surface area contributed by atoms with Crippen LogP contribution in [0.15, 0.2) is 18.3 Å². The van der Waals surface area contributed by atoms with Crippen molar-refractivity contribution >= 4 is 28.1 Å². The average Bonchev–Trinajstić information content (AvgIpc) is 3.09. The van der Waals surface area contributed by atoms with Gasteiger partial charge in [0.1, 0.15) is 0 Å². The Labute approximate surface area is 151 Å². The van der Waals surface area contributed by atoms with Crippen molar-refractivity contribution in [2.75, 3.05) is 5.73 Å². The van der Waals surface area contributed by atoms with Gasteiger partial charge in [0.15, 0.2) is 39.8 Å². The quantitative estimate of drug-likeness (QED) is 0.739. The van der Waals surface area contributed by atoms with Crippen LogP contribution in [0.3, 0.4) is 0 Å². The molecule has 0 atom stereocenters. The summed E-state index contributed by atoms with van der Waals surface area (Å²) in [6.07, 6.45) is 1.58. The van der Waals surface area contributed by atoms with Gasteiger partial charge in [0.25, 0.3) is 0 Å². The molecule has 3 rings (SSSR count). The Balaban J connectivity index is 1.97. The number of anilines is 1. The van der Waals surface area contributed by atoms with Crippen LogP contribution in [0.4, 0.5) is 13.9 Å². The van der Waals surface area contributed by atoms with E-state index in [1.165, 1.54) is 11.3 Å². The maximum absolute atomic E-state index is 14.0. The molecule has 0 bridgehead atoms. The Hall–Kier alpha value is -2.26. The number of nitrogens with zero attached hydrogens (tertiary/aromatic N) is 4. The molecular weight excluding hydrogens is 372 g/mol. The molecule has 2 heterocycles. The van der Waals surface area contributed by atoms with Gasteiger partial charge in [0.2, 0.25) is 0 Å². The molecule has 6 nitrogen and oxygen atoms in total. The summed E-state index contributed by atoms with van der Waals surface area (Å²) in [4.78, 5) is 4.70. The number of benzene rings is 1. The number of aromatic nitrogens is 4. The number of hydrogen-bond donors (Lipinski definition) is 1. The lowest BCUT2D eigenvalue weighted by Gasteiger charge is -2.26. The fourth-order valence-electron chi connectivity index (χ4n) is 2.39. The van der Waals surface area contributed by atoms with Gasteiger partial charge >= 0.3 is 0 Å². The van der Waals surface area contributed by atoms with Crippen LogP contribution in [0.2, 0.25) is 5.02 Å². The summed E-state index contributed by atoms with van der Waals surface area (Å²) in [7, 11) is 1.72. The van der Waals surface area contributed by atoms with Crippen molar-refractivity contribution in [1.29, 1.82) is 0 Å². The molecule has 10 heteroatoms. The fraction of sp³-hybridized carbons (Fsp3) is 0.267. The standard InChI is InChI=1S/C15H14ClF2N5OS/c1-15(2,24-11-8(17)4-7(16)5-9(11)18)13-22-21-12(23(13)3)10-6-20-14(19)25-10/h4-6H,1-3H3,(H2,19,20). The summed E-state index contributed by atoms with van der Waals surface area (Å²) < 4.78 is 35.3. The molecule has 132 valence electrons. The predicted molar refractivity (Wildman–Crippen MR) is 91.5 cm³/mol. The lowest BCUT2D eigenvalue weighted by atomic mass is 10.1. The molecule has 25 heavy (non-hydrogen) atoms. The van der Waals surface area contributed by atoms with Crippen molar-refractivity contribution in [3.05, 3.63) is 40.8 Å². The van der Waals surface area contributed by atoms with Crippen LogP contribution < -0.4 is 10.5 Å². The highest BCUT2D eigenvalue weighted by Gasteiger charge is 2.32. The molecule has 2 aromatic heterocycles. The first-order valence-corrected chi connectivity index (χ1v) is 8.33. The lowest BCUT2D eigenvalue weighted by Crippen LogP contribution is -2.30. The van der Waals surface area contributed by atoms with Crippen molar-refractivity contribution < 1.29 is 13.5 Å². The van der Waals surface area contributed by atoms with Gasteiger partial charge in [-0.3, -0.25) is 0 Å². The van der Waals surface area contributed by atoms with Gasteiger partial charge in [-0.2, -0.15) is 0 Å². The molecule has 0 aliphatic carbocycles. The Kier molecular flexibility index (Phi) is 4.38. The highest BCUT2D eigenvalue weighted by molar-refractivity contribution is 7.18. The fourth-order valence-corrected chi connectivity index (χ4v) is 3.28. The van der Waals surface area contributed by atoms with Crippen molar-refractivity contribution in [3.63, 3.8) is 0 Å². The summed E-state index contributed by atoms with van der Waals surface area (Å²) in [6.45, 7) is 3.27. The van der Waals surface area contributed by atoms with Crippen molar-refractivity contribution in [2.24, 2.45) is 7.05 Å². The first kappa shape index (κ1) is 17.6. The van der Waals surface area contributed by atoms with E-state index in [1.807, 2.05) is 0 Å². The van der Waals surface area contributed by atoms with E-state index in [2.05, 4.69) is 15.2 Å². The molecule has 0 radical (unpaired) electrons. The zero-order valence-corrected chi connectivity index (χ0v) is 15.1. The minimum absolute atomic E-state index is 0.0520. The Morgan fingerprint density at radius 1 is 1.24 bits per heavy atom. The molecule has 0 amide bonds. The number of halogens is 3. The normalized spacial score (nSPS) is 11.8. The lowest BCUT2D eigenvalue weighted by molar-refractivity contribution is 0.0836. The number of hydrogen-bond acceptors (Lipinski definition) is 6. The Morgan fingerprint density at radius 2 is 1.88 bits per heavy atom. The largest absolute Gasteiger partial charge is 0.474 e. The van der Waals surface area contributed by atoms with Crippen LogP contribution in [-0.2, 0) is 12.6 Å². The molecule has 0 unspecified atom stereocenters. The zero-order valence-electron chi connectivity index (χ0n) is 13.5. The zero-order chi connectivity index (χ0) is 18.4. The number of nitrogen functional groups attached to an aromatic ring is 1. The second-order valence-corrected chi connectivity index (χ2v) is 7.28. The third-order valence-electron chi connectivity index (χ3n) is 3.48. The van der Waals surface area contributed by atoms with E-state index in [4.69, 9.17) is 22.1 Å². The SMILES string of the molecule is Cn1c(-c2cnc(N)s2)nnc1C(C)(C)Oc1c(F)cc(Cl)cc1F. The molecular formula is C15H14ClF2N5OS. The molecule has 0 saturated carbocycles. The van der Waals surface area contributed by atoms with E-state index in [0.717, 1.165) is 17.0 Å².